The number of aryl methyl sites for hydroxylation is 2. The number of hydrogen-bond donors (Lipinski definition) is 2. The molecule has 31 heavy (non-hydrogen) atoms. The van der Waals surface area contributed by atoms with Crippen molar-refractivity contribution >= 4 is 37.1 Å². The van der Waals surface area contributed by atoms with E-state index in [1.165, 1.54) is 42.5 Å². The van der Waals surface area contributed by atoms with Gasteiger partial charge in [0.25, 0.3) is 25.7 Å². The zero-order chi connectivity index (χ0) is 22.8. The summed E-state index contributed by atoms with van der Waals surface area (Å²) in [6.45, 7) is 3.58. The molecule has 11 heteroatoms. The Morgan fingerprint density at radius 1 is 0.742 bits per heavy atom. The van der Waals surface area contributed by atoms with Crippen molar-refractivity contribution in [3.05, 3.63) is 88.0 Å². The minimum Gasteiger partial charge on any atom is -0.280 e. The van der Waals surface area contributed by atoms with E-state index in [9.17, 15) is 26.9 Å². The molecule has 0 aromatic heterocycles. The summed E-state index contributed by atoms with van der Waals surface area (Å²) in [5.41, 5.74) is 1.77. The highest BCUT2D eigenvalue weighted by Crippen LogP contribution is 2.25. The van der Waals surface area contributed by atoms with Gasteiger partial charge in [-0.3, -0.25) is 19.6 Å². The summed E-state index contributed by atoms with van der Waals surface area (Å²) in [4.78, 5) is 9.85. The maximum Gasteiger partial charge on any atom is 0.270 e. The lowest BCUT2D eigenvalue weighted by Gasteiger charge is -2.14. The van der Waals surface area contributed by atoms with Gasteiger partial charge >= 0.3 is 0 Å². The van der Waals surface area contributed by atoms with E-state index in [2.05, 4.69) is 9.44 Å². The number of sulfonamides is 2. The maximum absolute atomic E-state index is 12.7. The van der Waals surface area contributed by atoms with Gasteiger partial charge in [-0.1, -0.05) is 24.3 Å². The van der Waals surface area contributed by atoms with E-state index in [0.29, 0.717) is 5.69 Å². The molecule has 0 aliphatic heterocycles. The van der Waals surface area contributed by atoms with Crippen LogP contribution in [0.5, 0.6) is 0 Å². The summed E-state index contributed by atoms with van der Waals surface area (Å²) in [7, 11) is -7.99. The Bertz CT molecular complexity index is 1330. The third-order valence-corrected chi connectivity index (χ3v) is 7.22. The van der Waals surface area contributed by atoms with Gasteiger partial charge in [0.1, 0.15) is 0 Å². The zero-order valence-corrected chi connectivity index (χ0v) is 18.2. The van der Waals surface area contributed by atoms with Crippen LogP contribution in [0.15, 0.2) is 76.5 Å². The molecule has 2 N–H and O–H groups in total. The standard InChI is InChI=1S/C20H19N3O6S2/c1-14-5-3-6-15(2)20(14)22-30(26,27)18-11-9-16(10-12-18)21-31(28,29)19-8-4-7-17(13-19)23(24)25/h3-13,21-22H,1-2H3. The lowest BCUT2D eigenvalue weighted by atomic mass is 10.1. The summed E-state index contributed by atoms with van der Waals surface area (Å²) >= 11 is 0. The second-order valence-corrected chi connectivity index (χ2v) is 10.1. The fourth-order valence-corrected chi connectivity index (χ4v) is 5.15. The Kier molecular flexibility index (Phi) is 6.00. The zero-order valence-electron chi connectivity index (χ0n) is 16.6. The van der Waals surface area contributed by atoms with Crippen LogP contribution in [0.3, 0.4) is 0 Å². The van der Waals surface area contributed by atoms with E-state index in [-0.39, 0.29) is 21.2 Å². The van der Waals surface area contributed by atoms with Crippen LogP contribution in [0.2, 0.25) is 0 Å². The van der Waals surface area contributed by atoms with Gasteiger partial charge in [0.15, 0.2) is 0 Å². The molecule has 0 aliphatic carbocycles. The molecule has 0 aliphatic rings. The predicted molar refractivity (Wildman–Crippen MR) is 117 cm³/mol. The van der Waals surface area contributed by atoms with Crippen molar-refractivity contribution in [2.75, 3.05) is 9.44 Å². The second kappa shape index (κ2) is 8.36. The molecular formula is C20H19N3O6S2. The molecule has 0 spiro atoms. The van der Waals surface area contributed by atoms with Gasteiger partial charge in [0, 0.05) is 17.8 Å². The van der Waals surface area contributed by atoms with Gasteiger partial charge in [0.2, 0.25) is 0 Å². The summed E-state index contributed by atoms with van der Waals surface area (Å²) < 4.78 is 55.3. The predicted octanol–water partition coefficient (Wildman–Crippen LogP) is 3.81. The van der Waals surface area contributed by atoms with Crippen LogP contribution >= 0.6 is 0 Å². The third kappa shape index (κ3) is 5.01. The molecule has 0 fully saturated rings. The first-order chi connectivity index (χ1) is 14.5. The second-order valence-electron chi connectivity index (χ2n) is 6.76. The normalized spacial score (nSPS) is 11.7. The molecule has 0 radical (unpaired) electrons. The third-order valence-electron chi connectivity index (χ3n) is 4.47. The van der Waals surface area contributed by atoms with Crippen molar-refractivity contribution in [3.63, 3.8) is 0 Å². The SMILES string of the molecule is Cc1cccc(C)c1NS(=O)(=O)c1ccc(NS(=O)(=O)c2cccc([N+](=O)[O-])c2)cc1. The molecule has 0 saturated heterocycles. The fourth-order valence-electron chi connectivity index (χ4n) is 2.85. The lowest BCUT2D eigenvalue weighted by Crippen LogP contribution is -2.15. The van der Waals surface area contributed by atoms with Crippen molar-refractivity contribution < 1.29 is 21.8 Å². The highest BCUT2D eigenvalue weighted by atomic mass is 32.2. The monoisotopic (exact) mass is 461 g/mol. The van der Waals surface area contributed by atoms with E-state index < -0.39 is 25.0 Å². The molecule has 3 aromatic carbocycles. The number of nitro groups is 1. The van der Waals surface area contributed by atoms with E-state index >= 15 is 0 Å². The molecule has 0 atom stereocenters. The van der Waals surface area contributed by atoms with Crippen LogP contribution in [0, 0.1) is 24.0 Å². The largest absolute Gasteiger partial charge is 0.280 e. The van der Waals surface area contributed by atoms with Crippen LogP contribution in [0.1, 0.15) is 11.1 Å². The highest BCUT2D eigenvalue weighted by Gasteiger charge is 2.20. The summed E-state index contributed by atoms with van der Waals surface area (Å²) in [6.07, 6.45) is 0. The average molecular weight is 462 g/mol. The van der Waals surface area contributed by atoms with Crippen LogP contribution in [0.4, 0.5) is 17.1 Å². The first-order valence-corrected chi connectivity index (χ1v) is 11.9. The van der Waals surface area contributed by atoms with Crippen LogP contribution in [-0.2, 0) is 20.0 Å². The van der Waals surface area contributed by atoms with E-state index in [1.807, 2.05) is 6.07 Å². The molecule has 3 aromatic rings. The molecule has 0 heterocycles. The Morgan fingerprint density at radius 2 is 1.29 bits per heavy atom. The van der Waals surface area contributed by atoms with Crippen molar-refractivity contribution in [3.8, 4) is 0 Å². The first kappa shape index (κ1) is 22.2. The number of para-hydroxylation sites is 1. The topological polar surface area (TPSA) is 135 Å². The first-order valence-electron chi connectivity index (χ1n) is 8.96. The van der Waals surface area contributed by atoms with Crippen molar-refractivity contribution in [1.82, 2.24) is 0 Å². The number of non-ortho nitro benzene ring substituents is 1. The number of hydrogen-bond acceptors (Lipinski definition) is 6. The summed E-state index contributed by atoms with van der Waals surface area (Å²) in [5, 5.41) is 10.9. The van der Waals surface area contributed by atoms with Gasteiger partial charge in [-0.2, -0.15) is 0 Å². The van der Waals surface area contributed by atoms with Crippen LogP contribution in [-0.4, -0.2) is 21.8 Å². The summed E-state index contributed by atoms with van der Waals surface area (Å²) in [5.74, 6) is 0. The number of anilines is 2. The Morgan fingerprint density at radius 3 is 1.87 bits per heavy atom. The fraction of sp³-hybridized carbons (Fsp3) is 0.100. The smallest absolute Gasteiger partial charge is 0.270 e. The van der Waals surface area contributed by atoms with Crippen LogP contribution in [0.25, 0.3) is 0 Å². The van der Waals surface area contributed by atoms with Crippen molar-refractivity contribution in [2.45, 2.75) is 23.6 Å². The van der Waals surface area contributed by atoms with Gasteiger partial charge in [-0.25, -0.2) is 16.8 Å². The molecule has 0 bridgehead atoms. The number of benzene rings is 3. The van der Waals surface area contributed by atoms with Crippen molar-refractivity contribution in [1.29, 1.82) is 0 Å². The Hall–Kier alpha value is -3.44. The quantitative estimate of drug-likeness (QED) is 0.406. The number of nitrogens with zero attached hydrogens (tertiary/aromatic N) is 1. The van der Waals surface area contributed by atoms with Crippen LogP contribution < -0.4 is 9.44 Å². The van der Waals surface area contributed by atoms with Gasteiger partial charge < -0.3 is 0 Å². The van der Waals surface area contributed by atoms with Gasteiger partial charge in [0.05, 0.1) is 20.4 Å². The molecule has 162 valence electrons. The highest BCUT2D eigenvalue weighted by molar-refractivity contribution is 7.93. The number of nitro benzene ring substituents is 1. The molecule has 3 rings (SSSR count). The molecule has 0 unspecified atom stereocenters. The summed E-state index contributed by atoms with van der Waals surface area (Å²) in [6, 6.07) is 15.1. The molecular weight excluding hydrogens is 442 g/mol. The Balaban J connectivity index is 1.83. The number of rotatable bonds is 7. The average Bonchev–Trinajstić information content (AvgIpc) is 2.71. The maximum atomic E-state index is 12.7. The van der Waals surface area contributed by atoms with Gasteiger partial charge in [-0.05, 0) is 55.3 Å². The van der Waals surface area contributed by atoms with E-state index in [4.69, 9.17) is 0 Å². The number of nitrogens with one attached hydrogen (secondary N) is 2. The van der Waals surface area contributed by atoms with E-state index in [0.717, 1.165) is 17.2 Å². The Labute approximate surface area is 180 Å². The minimum atomic E-state index is -4.10. The van der Waals surface area contributed by atoms with Gasteiger partial charge in [-0.15, -0.1) is 0 Å². The molecule has 9 nitrogen and oxygen atoms in total. The van der Waals surface area contributed by atoms with Crippen molar-refractivity contribution in [2.24, 2.45) is 0 Å². The minimum absolute atomic E-state index is 0.0477. The van der Waals surface area contributed by atoms with E-state index in [1.54, 1.807) is 26.0 Å². The molecule has 0 amide bonds. The molecule has 0 saturated carbocycles. The lowest BCUT2D eigenvalue weighted by molar-refractivity contribution is -0.385.